The van der Waals surface area contributed by atoms with Crippen molar-refractivity contribution in [2.24, 2.45) is 5.73 Å². The molecule has 0 unspecified atom stereocenters. The molecule has 0 aliphatic heterocycles. The van der Waals surface area contributed by atoms with Gasteiger partial charge < -0.3 is 16.0 Å². The summed E-state index contributed by atoms with van der Waals surface area (Å²) in [7, 11) is 1.75. The number of carbonyl (C=O) groups is 1. The van der Waals surface area contributed by atoms with Gasteiger partial charge in [0.15, 0.2) is 0 Å². The Morgan fingerprint density at radius 3 is 2.89 bits per heavy atom. The van der Waals surface area contributed by atoms with Crippen molar-refractivity contribution in [3.63, 3.8) is 0 Å². The van der Waals surface area contributed by atoms with E-state index in [0.29, 0.717) is 11.6 Å². The lowest BCUT2D eigenvalue weighted by atomic mass is 10.1. The second kappa shape index (κ2) is 5.72. The fraction of sp³-hybridized carbons (Fsp3) is 0.429. The molecule has 5 nitrogen and oxygen atoms in total. The first kappa shape index (κ1) is 13.4. The van der Waals surface area contributed by atoms with Crippen molar-refractivity contribution in [1.29, 1.82) is 5.26 Å². The third kappa shape index (κ3) is 3.70. The lowest BCUT2D eigenvalue weighted by molar-refractivity contribution is -0.116. The first-order chi connectivity index (χ1) is 9.10. The number of anilines is 1. The number of nitrogens with one attached hydrogen (secondary N) is 1. The van der Waals surface area contributed by atoms with Gasteiger partial charge in [0.1, 0.15) is 6.07 Å². The first-order valence-corrected chi connectivity index (χ1v) is 6.36. The van der Waals surface area contributed by atoms with E-state index in [0.717, 1.165) is 17.8 Å². The smallest absolute Gasteiger partial charge is 0.236 e. The summed E-state index contributed by atoms with van der Waals surface area (Å²) < 4.78 is 0. The van der Waals surface area contributed by atoms with Gasteiger partial charge in [-0.05, 0) is 30.5 Å². The van der Waals surface area contributed by atoms with Crippen LogP contribution in [0, 0.1) is 11.3 Å². The van der Waals surface area contributed by atoms with E-state index >= 15 is 0 Å². The SMILES string of the molecule is CN(CC(N)=O)c1ccc(CNC2CC2)cc1C#N. The zero-order chi connectivity index (χ0) is 13.8. The van der Waals surface area contributed by atoms with Crippen LogP contribution < -0.4 is 16.0 Å². The Balaban J connectivity index is 2.10. The fourth-order valence-corrected chi connectivity index (χ4v) is 1.98. The van der Waals surface area contributed by atoms with Crippen LogP contribution in [0.4, 0.5) is 5.69 Å². The number of rotatable bonds is 6. The molecule has 0 bridgehead atoms. The number of amides is 1. The molecule has 2 rings (SSSR count). The quantitative estimate of drug-likeness (QED) is 0.788. The van der Waals surface area contributed by atoms with Crippen LogP contribution in [0.3, 0.4) is 0 Å². The molecule has 1 aromatic carbocycles. The normalized spacial score (nSPS) is 13.9. The molecular formula is C14H18N4O. The van der Waals surface area contributed by atoms with Crippen LogP contribution in [0.5, 0.6) is 0 Å². The van der Waals surface area contributed by atoms with Gasteiger partial charge in [-0.3, -0.25) is 4.79 Å². The minimum Gasteiger partial charge on any atom is -0.368 e. The zero-order valence-electron chi connectivity index (χ0n) is 11.0. The number of primary amides is 1. The van der Waals surface area contributed by atoms with Crippen molar-refractivity contribution in [3.8, 4) is 6.07 Å². The van der Waals surface area contributed by atoms with Gasteiger partial charge >= 0.3 is 0 Å². The van der Waals surface area contributed by atoms with Crippen LogP contribution in [0.1, 0.15) is 24.0 Å². The summed E-state index contributed by atoms with van der Waals surface area (Å²) in [5, 5.41) is 12.6. The molecular weight excluding hydrogens is 240 g/mol. The van der Waals surface area contributed by atoms with Crippen LogP contribution in [0.2, 0.25) is 0 Å². The van der Waals surface area contributed by atoms with Crippen LogP contribution in [-0.4, -0.2) is 25.5 Å². The first-order valence-electron chi connectivity index (χ1n) is 6.36. The second-order valence-corrected chi connectivity index (χ2v) is 4.94. The standard InChI is InChI=1S/C14H18N4O/c1-18(9-14(16)19)13-5-2-10(6-11(13)7-15)8-17-12-3-4-12/h2,5-6,12,17H,3-4,8-9H2,1H3,(H2,16,19). The summed E-state index contributed by atoms with van der Waals surface area (Å²) in [6.07, 6.45) is 2.48. The topological polar surface area (TPSA) is 82.2 Å². The Kier molecular flexibility index (Phi) is 4.03. The highest BCUT2D eigenvalue weighted by molar-refractivity contribution is 5.80. The van der Waals surface area contributed by atoms with E-state index in [1.165, 1.54) is 12.8 Å². The summed E-state index contributed by atoms with van der Waals surface area (Å²) in [6, 6.07) is 8.52. The summed E-state index contributed by atoms with van der Waals surface area (Å²) in [5.74, 6) is -0.411. The van der Waals surface area contributed by atoms with Gasteiger partial charge in [-0.15, -0.1) is 0 Å². The lowest BCUT2D eigenvalue weighted by Crippen LogP contribution is -2.31. The molecule has 1 saturated carbocycles. The molecule has 3 N–H and O–H groups in total. The van der Waals surface area contributed by atoms with E-state index < -0.39 is 5.91 Å². The lowest BCUT2D eigenvalue weighted by Gasteiger charge is -2.19. The Labute approximate surface area is 113 Å². The third-order valence-electron chi connectivity index (χ3n) is 3.16. The van der Waals surface area contributed by atoms with Crippen molar-refractivity contribution >= 4 is 11.6 Å². The average Bonchev–Trinajstić information content (AvgIpc) is 3.19. The van der Waals surface area contributed by atoms with Crippen LogP contribution >= 0.6 is 0 Å². The Hall–Kier alpha value is -2.06. The molecule has 0 saturated heterocycles. The highest BCUT2D eigenvalue weighted by Crippen LogP contribution is 2.22. The molecule has 0 aromatic heterocycles. The van der Waals surface area contributed by atoms with E-state index in [2.05, 4.69) is 11.4 Å². The number of likely N-dealkylation sites (N-methyl/N-ethyl adjacent to an activating group) is 1. The molecule has 0 heterocycles. The molecule has 0 atom stereocenters. The summed E-state index contributed by atoms with van der Waals surface area (Å²) in [6.45, 7) is 0.882. The number of nitriles is 1. The number of nitrogens with zero attached hydrogens (tertiary/aromatic N) is 2. The van der Waals surface area contributed by atoms with Crippen molar-refractivity contribution in [2.45, 2.75) is 25.4 Å². The number of hydrogen-bond donors (Lipinski definition) is 2. The maximum absolute atomic E-state index is 10.9. The molecule has 1 amide bonds. The van der Waals surface area contributed by atoms with Crippen LogP contribution in [0.25, 0.3) is 0 Å². The van der Waals surface area contributed by atoms with Gasteiger partial charge in [0, 0.05) is 19.6 Å². The van der Waals surface area contributed by atoms with E-state index in [9.17, 15) is 10.1 Å². The summed E-state index contributed by atoms with van der Waals surface area (Å²) in [4.78, 5) is 12.6. The van der Waals surface area contributed by atoms with Gasteiger partial charge in [-0.2, -0.15) is 5.26 Å². The Morgan fingerprint density at radius 1 is 1.58 bits per heavy atom. The molecule has 0 radical (unpaired) electrons. The van der Waals surface area contributed by atoms with E-state index in [1.54, 1.807) is 11.9 Å². The number of carbonyl (C=O) groups excluding carboxylic acids is 1. The Morgan fingerprint density at radius 2 is 2.32 bits per heavy atom. The van der Waals surface area contributed by atoms with Crippen LogP contribution in [0.15, 0.2) is 18.2 Å². The van der Waals surface area contributed by atoms with Crippen molar-refractivity contribution in [1.82, 2.24) is 5.32 Å². The minimum atomic E-state index is -0.411. The predicted octanol–water partition coefficient (Wildman–Crippen LogP) is 0.732. The molecule has 0 spiro atoms. The molecule has 1 fully saturated rings. The largest absolute Gasteiger partial charge is 0.368 e. The van der Waals surface area contributed by atoms with E-state index in [4.69, 9.17) is 5.73 Å². The van der Waals surface area contributed by atoms with Gasteiger partial charge in [0.25, 0.3) is 0 Å². The molecule has 5 heteroatoms. The molecule has 1 aliphatic carbocycles. The van der Waals surface area contributed by atoms with Gasteiger partial charge in [-0.1, -0.05) is 6.07 Å². The average molecular weight is 258 g/mol. The summed E-state index contributed by atoms with van der Waals surface area (Å²) >= 11 is 0. The number of benzene rings is 1. The highest BCUT2D eigenvalue weighted by Gasteiger charge is 2.20. The number of hydrogen-bond acceptors (Lipinski definition) is 4. The maximum atomic E-state index is 10.9. The Bertz CT molecular complexity index is 517. The zero-order valence-corrected chi connectivity index (χ0v) is 11.0. The van der Waals surface area contributed by atoms with E-state index in [1.807, 2.05) is 18.2 Å². The maximum Gasteiger partial charge on any atom is 0.236 e. The molecule has 1 aliphatic rings. The monoisotopic (exact) mass is 258 g/mol. The molecule has 100 valence electrons. The van der Waals surface area contributed by atoms with E-state index in [-0.39, 0.29) is 6.54 Å². The number of nitrogens with two attached hydrogens (primary N) is 1. The van der Waals surface area contributed by atoms with Crippen LogP contribution in [-0.2, 0) is 11.3 Å². The fourth-order valence-electron chi connectivity index (χ4n) is 1.98. The van der Waals surface area contributed by atoms with Gasteiger partial charge in [0.2, 0.25) is 5.91 Å². The van der Waals surface area contributed by atoms with Crippen molar-refractivity contribution in [3.05, 3.63) is 29.3 Å². The predicted molar refractivity (Wildman–Crippen MR) is 73.5 cm³/mol. The van der Waals surface area contributed by atoms with Crippen molar-refractivity contribution in [2.75, 3.05) is 18.5 Å². The second-order valence-electron chi connectivity index (χ2n) is 4.94. The third-order valence-corrected chi connectivity index (χ3v) is 3.16. The molecule has 1 aromatic rings. The van der Waals surface area contributed by atoms with Gasteiger partial charge in [-0.25, -0.2) is 0 Å². The molecule has 19 heavy (non-hydrogen) atoms. The van der Waals surface area contributed by atoms with Gasteiger partial charge in [0.05, 0.1) is 17.8 Å². The highest BCUT2D eigenvalue weighted by atomic mass is 16.1. The summed E-state index contributed by atoms with van der Waals surface area (Å²) in [5.41, 5.74) is 7.55. The van der Waals surface area contributed by atoms with Crippen molar-refractivity contribution < 1.29 is 4.79 Å². The minimum absolute atomic E-state index is 0.106.